The first-order valence-corrected chi connectivity index (χ1v) is 5.64. The number of hydrogen-bond acceptors (Lipinski definition) is 4. The molecule has 0 saturated heterocycles. The van der Waals surface area contributed by atoms with Crippen molar-refractivity contribution in [1.29, 1.82) is 0 Å². The lowest BCUT2D eigenvalue weighted by molar-refractivity contribution is -0.00903. The zero-order valence-electron chi connectivity index (χ0n) is 10.5. The number of rotatable bonds is 5. The van der Waals surface area contributed by atoms with Crippen LogP contribution in [0.1, 0.15) is 38.6 Å². The summed E-state index contributed by atoms with van der Waals surface area (Å²) < 4.78 is 5.44. The van der Waals surface area contributed by atoms with Gasteiger partial charge < -0.3 is 10.5 Å². The van der Waals surface area contributed by atoms with E-state index in [0.717, 1.165) is 24.2 Å². The molecule has 0 fully saturated rings. The van der Waals surface area contributed by atoms with Crippen molar-refractivity contribution in [3.05, 3.63) is 23.8 Å². The molecule has 90 valence electrons. The highest BCUT2D eigenvalue weighted by Crippen LogP contribution is 2.24. The van der Waals surface area contributed by atoms with Gasteiger partial charge >= 0.3 is 0 Å². The van der Waals surface area contributed by atoms with E-state index in [4.69, 9.17) is 10.5 Å². The number of nitrogens with two attached hydrogens (primary N) is 1. The molecule has 0 aliphatic heterocycles. The van der Waals surface area contributed by atoms with Crippen molar-refractivity contribution in [3.63, 3.8) is 0 Å². The molecular weight excluding hydrogens is 202 g/mol. The Balaban J connectivity index is 2.85. The van der Waals surface area contributed by atoms with E-state index >= 15 is 0 Å². The largest absolute Gasteiger partial charge is 0.371 e. The fourth-order valence-electron chi connectivity index (χ4n) is 1.50. The summed E-state index contributed by atoms with van der Waals surface area (Å²) >= 11 is 0. The van der Waals surface area contributed by atoms with Crippen LogP contribution in [0.2, 0.25) is 0 Å². The van der Waals surface area contributed by atoms with Gasteiger partial charge in [0.05, 0.1) is 0 Å². The van der Waals surface area contributed by atoms with Crippen LogP contribution in [-0.4, -0.2) is 23.1 Å². The van der Waals surface area contributed by atoms with Gasteiger partial charge in [0.1, 0.15) is 5.60 Å². The van der Waals surface area contributed by atoms with E-state index in [2.05, 4.69) is 16.9 Å². The monoisotopic (exact) mass is 223 g/mol. The molecule has 0 spiro atoms. The van der Waals surface area contributed by atoms with E-state index in [-0.39, 0.29) is 6.04 Å². The third-order valence-electron chi connectivity index (χ3n) is 2.86. The van der Waals surface area contributed by atoms with E-state index in [0.29, 0.717) is 0 Å². The molecule has 2 atom stereocenters. The van der Waals surface area contributed by atoms with Crippen molar-refractivity contribution in [2.24, 2.45) is 5.73 Å². The summed E-state index contributed by atoms with van der Waals surface area (Å²) in [5, 5.41) is 0. The third kappa shape index (κ3) is 3.00. The molecule has 1 aromatic rings. The van der Waals surface area contributed by atoms with Gasteiger partial charge in [-0.1, -0.05) is 6.92 Å². The van der Waals surface area contributed by atoms with E-state index in [1.54, 1.807) is 7.11 Å². The molecule has 4 heteroatoms. The minimum atomic E-state index is -0.396. The molecule has 0 aromatic carbocycles. The molecule has 0 saturated carbocycles. The molecule has 4 nitrogen and oxygen atoms in total. The molecule has 16 heavy (non-hydrogen) atoms. The Labute approximate surface area is 97.2 Å². The topological polar surface area (TPSA) is 61.0 Å². The van der Waals surface area contributed by atoms with Crippen LogP contribution in [0.15, 0.2) is 12.4 Å². The third-order valence-corrected chi connectivity index (χ3v) is 2.86. The fourth-order valence-corrected chi connectivity index (χ4v) is 1.50. The van der Waals surface area contributed by atoms with Crippen LogP contribution in [0.25, 0.3) is 0 Å². The second-order valence-electron chi connectivity index (χ2n) is 4.38. The van der Waals surface area contributed by atoms with Crippen molar-refractivity contribution < 1.29 is 4.74 Å². The molecule has 0 aliphatic carbocycles. The van der Waals surface area contributed by atoms with Gasteiger partial charge in [0.25, 0.3) is 0 Å². The van der Waals surface area contributed by atoms with E-state index in [9.17, 15) is 0 Å². The molecule has 0 aliphatic rings. The van der Waals surface area contributed by atoms with Gasteiger partial charge in [0.15, 0.2) is 5.82 Å². The summed E-state index contributed by atoms with van der Waals surface area (Å²) in [5.74, 6) is 0.728. The van der Waals surface area contributed by atoms with Crippen LogP contribution in [0.5, 0.6) is 0 Å². The fraction of sp³-hybridized carbons (Fsp3) is 0.667. The van der Waals surface area contributed by atoms with Crippen LogP contribution >= 0.6 is 0 Å². The van der Waals surface area contributed by atoms with Gasteiger partial charge in [0, 0.05) is 25.5 Å². The molecule has 0 radical (unpaired) electrons. The molecule has 0 bridgehead atoms. The minimum Gasteiger partial charge on any atom is -0.371 e. The average Bonchev–Trinajstić information content (AvgIpc) is 2.28. The minimum absolute atomic E-state index is 0.134. The first-order valence-electron chi connectivity index (χ1n) is 5.64. The standard InChI is InChI=1S/C12H21N3O/c1-5-12(3,16-4)11-14-7-10(8-15-11)6-9(2)13/h7-9H,5-6,13H2,1-4H3. The van der Waals surface area contributed by atoms with Crippen LogP contribution in [-0.2, 0) is 16.8 Å². The van der Waals surface area contributed by atoms with E-state index < -0.39 is 5.60 Å². The number of methoxy groups -OCH3 is 1. The first kappa shape index (κ1) is 13.1. The van der Waals surface area contributed by atoms with Gasteiger partial charge in [-0.05, 0) is 32.3 Å². The van der Waals surface area contributed by atoms with Crippen molar-refractivity contribution in [2.75, 3.05) is 7.11 Å². The van der Waals surface area contributed by atoms with Gasteiger partial charge in [-0.3, -0.25) is 0 Å². The molecule has 1 aromatic heterocycles. The van der Waals surface area contributed by atoms with Crippen LogP contribution < -0.4 is 5.73 Å². The molecule has 2 N–H and O–H groups in total. The smallest absolute Gasteiger partial charge is 0.159 e. The number of ether oxygens (including phenoxy) is 1. The Bertz CT molecular complexity index is 318. The van der Waals surface area contributed by atoms with E-state index in [1.165, 1.54) is 0 Å². The lowest BCUT2D eigenvalue weighted by Gasteiger charge is -2.24. The summed E-state index contributed by atoms with van der Waals surface area (Å²) in [5.41, 5.74) is 6.39. The second kappa shape index (κ2) is 5.37. The zero-order valence-corrected chi connectivity index (χ0v) is 10.5. The zero-order chi connectivity index (χ0) is 12.2. The summed E-state index contributed by atoms with van der Waals surface area (Å²) in [6.07, 6.45) is 5.31. The Morgan fingerprint density at radius 2 is 2.00 bits per heavy atom. The SMILES string of the molecule is CCC(C)(OC)c1ncc(CC(C)N)cn1. The molecule has 1 rings (SSSR count). The maximum absolute atomic E-state index is 5.72. The van der Waals surface area contributed by atoms with Crippen LogP contribution in [0.4, 0.5) is 0 Å². The van der Waals surface area contributed by atoms with Crippen LogP contribution in [0, 0.1) is 0 Å². The molecule has 1 heterocycles. The van der Waals surface area contributed by atoms with Crippen molar-refractivity contribution in [2.45, 2.75) is 45.3 Å². The maximum atomic E-state index is 5.72. The average molecular weight is 223 g/mol. The Morgan fingerprint density at radius 3 is 2.38 bits per heavy atom. The van der Waals surface area contributed by atoms with Gasteiger partial charge in [-0.15, -0.1) is 0 Å². The summed E-state index contributed by atoms with van der Waals surface area (Å²) in [7, 11) is 1.68. The molecular formula is C12H21N3O. The Hall–Kier alpha value is -1.00. The number of hydrogen-bond donors (Lipinski definition) is 1. The summed E-state index contributed by atoms with van der Waals surface area (Å²) in [6, 6.07) is 0.134. The lowest BCUT2D eigenvalue weighted by Crippen LogP contribution is -2.26. The predicted octanol–water partition coefficient (Wildman–Crippen LogP) is 1.64. The quantitative estimate of drug-likeness (QED) is 0.824. The summed E-state index contributed by atoms with van der Waals surface area (Å²) in [4.78, 5) is 8.71. The van der Waals surface area contributed by atoms with Gasteiger partial charge in [-0.2, -0.15) is 0 Å². The van der Waals surface area contributed by atoms with Crippen molar-refractivity contribution >= 4 is 0 Å². The lowest BCUT2D eigenvalue weighted by atomic mass is 10.0. The Kier molecular flexibility index (Phi) is 4.38. The highest BCUT2D eigenvalue weighted by atomic mass is 16.5. The van der Waals surface area contributed by atoms with Crippen molar-refractivity contribution in [3.8, 4) is 0 Å². The summed E-state index contributed by atoms with van der Waals surface area (Å²) in [6.45, 7) is 6.02. The number of nitrogens with zero attached hydrogens (tertiary/aromatic N) is 2. The molecule has 2 unspecified atom stereocenters. The van der Waals surface area contributed by atoms with Gasteiger partial charge in [-0.25, -0.2) is 9.97 Å². The normalized spacial score (nSPS) is 16.8. The molecule has 0 amide bonds. The maximum Gasteiger partial charge on any atom is 0.159 e. The Morgan fingerprint density at radius 1 is 1.44 bits per heavy atom. The number of aromatic nitrogens is 2. The second-order valence-corrected chi connectivity index (χ2v) is 4.38. The predicted molar refractivity (Wildman–Crippen MR) is 64.0 cm³/mol. The first-order chi connectivity index (χ1) is 7.51. The van der Waals surface area contributed by atoms with Crippen molar-refractivity contribution in [1.82, 2.24) is 9.97 Å². The van der Waals surface area contributed by atoms with Crippen LogP contribution in [0.3, 0.4) is 0 Å². The highest BCUT2D eigenvalue weighted by molar-refractivity contribution is 5.10. The highest BCUT2D eigenvalue weighted by Gasteiger charge is 2.26. The van der Waals surface area contributed by atoms with E-state index in [1.807, 2.05) is 26.2 Å². The van der Waals surface area contributed by atoms with Gasteiger partial charge in [0.2, 0.25) is 0 Å².